The Hall–Kier alpha value is -1.36. The average Bonchev–Trinajstić information content (AvgIpc) is 3.16. The van der Waals surface area contributed by atoms with Gasteiger partial charge in [-0.05, 0) is 38.5 Å². The smallest absolute Gasteiger partial charge is 0.257 e. The number of hydrogen-bond donors (Lipinski definition) is 1. The Morgan fingerprint density at radius 2 is 1.95 bits per heavy atom. The highest BCUT2D eigenvalue weighted by Gasteiger charge is 2.27. The third-order valence-corrected chi connectivity index (χ3v) is 5.11. The van der Waals surface area contributed by atoms with Crippen molar-refractivity contribution >= 4 is 5.91 Å². The van der Waals surface area contributed by atoms with Gasteiger partial charge in [0.25, 0.3) is 5.91 Å². The van der Waals surface area contributed by atoms with Crippen LogP contribution in [-0.4, -0.2) is 45.4 Å². The van der Waals surface area contributed by atoms with E-state index >= 15 is 0 Å². The SMILES string of the molecule is Cc1c(C(=O)N2CCC(CO)CC2)cnn1C1CCCC1. The number of carbonyl (C=O) groups excluding carboxylic acids is 1. The minimum Gasteiger partial charge on any atom is -0.396 e. The molecule has 2 heterocycles. The third kappa shape index (κ3) is 2.84. The summed E-state index contributed by atoms with van der Waals surface area (Å²) in [6.07, 6.45) is 8.43. The predicted octanol–water partition coefficient (Wildman–Crippen LogP) is 2.15. The molecule has 0 spiro atoms. The number of likely N-dealkylation sites (tertiary alicyclic amines) is 1. The molecule has 21 heavy (non-hydrogen) atoms. The number of carbonyl (C=O) groups is 1. The molecule has 1 aromatic heterocycles. The zero-order chi connectivity index (χ0) is 14.8. The minimum absolute atomic E-state index is 0.105. The molecule has 1 aromatic rings. The standard InChI is InChI=1S/C16H25N3O2/c1-12-15(10-17-19(12)14-4-2-3-5-14)16(21)18-8-6-13(11-20)7-9-18/h10,13-14,20H,2-9,11H2,1H3. The van der Waals surface area contributed by atoms with Gasteiger partial charge in [0.05, 0.1) is 17.8 Å². The first-order valence-corrected chi connectivity index (χ1v) is 8.15. The van der Waals surface area contributed by atoms with Gasteiger partial charge in [0.2, 0.25) is 0 Å². The van der Waals surface area contributed by atoms with Crippen molar-refractivity contribution in [1.29, 1.82) is 0 Å². The van der Waals surface area contributed by atoms with Crippen LogP contribution in [0.5, 0.6) is 0 Å². The van der Waals surface area contributed by atoms with E-state index in [4.69, 9.17) is 0 Å². The number of piperidine rings is 1. The van der Waals surface area contributed by atoms with E-state index in [2.05, 4.69) is 9.78 Å². The highest BCUT2D eigenvalue weighted by Crippen LogP contribution is 2.31. The van der Waals surface area contributed by atoms with Gasteiger partial charge in [-0.25, -0.2) is 0 Å². The van der Waals surface area contributed by atoms with E-state index < -0.39 is 0 Å². The van der Waals surface area contributed by atoms with Crippen LogP contribution in [-0.2, 0) is 0 Å². The Morgan fingerprint density at radius 1 is 1.29 bits per heavy atom. The minimum atomic E-state index is 0.105. The van der Waals surface area contributed by atoms with Crippen LogP contribution in [0.3, 0.4) is 0 Å². The third-order valence-electron chi connectivity index (χ3n) is 5.11. The van der Waals surface area contributed by atoms with Crippen molar-refractivity contribution in [3.63, 3.8) is 0 Å². The molecule has 3 rings (SSSR count). The van der Waals surface area contributed by atoms with E-state index in [1.54, 1.807) is 6.20 Å². The van der Waals surface area contributed by atoms with Crippen molar-refractivity contribution in [1.82, 2.24) is 14.7 Å². The normalized spacial score (nSPS) is 21.1. The maximum atomic E-state index is 12.7. The molecule has 0 aromatic carbocycles. The summed E-state index contributed by atoms with van der Waals surface area (Å²) in [7, 11) is 0. The van der Waals surface area contributed by atoms with Gasteiger partial charge in [0.1, 0.15) is 0 Å². The van der Waals surface area contributed by atoms with Gasteiger partial charge in [-0.3, -0.25) is 9.48 Å². The molecular formula is C16H25N3O2. The molecule has 2 fully saturated rings. The Bertz CT molecular complexity index is 498. The van der Waals surface area contributed by atoms with Crippen LogP contribution in [0.1, 0.15) is 60.6 Å². The second kappa shape index (κ2) is 6.18. The predicted molar refractivity (Wildman–Crippen MR) is 80.2 cm³/mol. The summed E-state index contributed by atoms with van der Waals surface area (Å²) in [5.74, 6) is 0.462. The van der Waals surface area contributed by atoms with Gasteiger partial charge in [-0.2, -0.15) is 5.10 Å². The number of aliphatic hydroxyl groups excluding tert-OH is 1. The summed E-state index contributed by atoms with van der Waals surface area (Å²) < 4.78 is 2.06. The summed E-state index contributed by atoms with van der Waals surface area (Å²) in [5.41, 5.74) is 1.76. The Labute approximate surface area is 125 Å². The summed E-state index contributed by atoms with van der Waals surface area (Å²) in [6, 6.07) is 0.478. The topological polar surface area (TPSA) is 58.4 Å². The number of hydrogen-bond acceptors (Lipinski definition) is 3. The van der Waals surface area contributed by atoms with Crippen molar-refractivity contribution in [2.24, 2.45) is 5.92 Å². The van der Waals surface area contributed by atoms with Gasteiger partial charge in [0.15, 0.2) is 0 Å². The molecule has 5 nitrogen and oxygen atoms in total. The van der Waals surface area contributed by atoms with Crippen molar-refractivity contribution in [3.05, 3.63) is 17.5 Å². The zero-order valence-electron chi connectivity index (χ0n) is 12.8. The van der Waals surface area contributed by atoms with Crippen molar-refractivity contribution in [2.75, 3.05) is 19.7 Å². The molecule has 0 atom stereocenters. The molecule has 1 aliphatic heterocycles. The van der Waals surface area contributed by atoms with E-state index in [-0.39, 0.29) is 12.5 Å². The lowest BCUT2D eigenvalue weighted by atomic mass is 9.97. The number of nitrogens with zero attached hydrogens (tertiary/aromatic N) is 3. The molecular weight excluding hydrogens is 266 g/mol. The van der Waals surface area contributed by atoms with E-state index in [0.29, 0.717) is 12.0 Å². The van der Waals surface area contributed by atoms with Gasteiger partial charge >= 0.3 is 0 Å². The first-order chi connectivity index (χ1) is 10.2. The molecule has 1 amide bonds. The molecule has 1 aliphatic carbocycles. The monoisotopic (exact) mass is 291 g/mol. The number of rotatable bonds is 3. The first-order valence-electron chi connectivity index (χ1n) is 8.15. The zero-order valence-corrected chi connectivity index (χ0v) is 12.8. The lowest BCUT2D eigenvalue weighted by molar-refractivity contribution is 0.0650. The second-order valence-corrected chi connectivity index (χ2v) is 6.44. The molecule has 1 saturated heterocycles. The molecule has 0 radical (unpaired) electrons. The second-order valence-electron chi connectivity index (χ2n) is 6.44. The molecule has 1 saturated carbocycles. The largest absolute Gasteiger partial charge is 0.396 e. The summed E-state index contributed by atoms with van der Waals surface area (Å²) >= 11 is 0. The molecule has 0 bridgehead atoms. The lowest BCUT2D eigenvalue weighted by Crippen LogP contribution is -2.39. The molecule has 1 N–H and O–H groups in total. The van der Waals surface area contributed by atoms with Gasteiger partial charge in [-0.1, -0.05) is 12.8 Å². The fourth-order valence-corrected chi connectivity index (χ4v) is 3.64. The van der Waals surface area contributed by atoms with Crippen LogP contribution in [0.25, 0.3) is 0 Å². The average molecular weight is 291 g/mol. The van der Waals surface area contributed by atoms with Crippen LogP contribution in [0.15, 0.2) is 6.20 Å². The van der Waals surface area contributed by atoms with E-state index in [9.17, 15) is 9.90 Å². The van der Waals surface area contributed by atoms with Crippen LogP contribution < -0.4 is 0 Å². The number of aliphatic hydroxyl groups is 1. The van der Waals surface area contributed by atoms with E-state index in [1.807, 2.05) is 11.8 Å². The highest BCUT2D eigenvalue weighted by molar-refractivity contribution is 5.95. The number of aromatic nitrogens is 2. The Morgan fingerprint density at radius 3 is 2.57 bits per heavy atom. The van der Waals surface area contributed by atoms with Gasteiger partial charge in [-0.15, -0.1) is 0 Å². The van der Waals surface area contributed by atoms with Crippen LogP contribution >= 0.6 is 0 Å². The molecule has 2 aliphatic rings. The first kappa shape index (κ1) is 14.6. The Balaban J connectivity index is 1.70. The van der Waals surface area contributed by atoms with Crippen LogP contribution in [0.4, 0.5) is 0 Å². The van der Waals surface area contributed by atoms with Gasteiger partial charge in [0, 0.05) is 25.4 Å². The summed E-state index contributed by atoms with van der Waals surface area (Å²) in [4.78, 5) is 14.6. The van der Waals surface area contributed by atoms with Crippen LogP contribution in [0, 0.1) is 12.8 Å². The molecule has 0 unspecified atom stereocenters. The van der Waals surface area contributed by atoms with E-state index in [0.717, 1.165) is 37.2 Å². The summed E-state index contributed by atoms with van der Waals surface area (Å²) in [5, 5.41) is 13.7. The lowest BCUT2D eigenvalue weighted by Gasteiger charge is -2.31. The fourth-order valence-electron chi connectivity index (χ4n) is 3.64. The molecule has 116 valence electrons. The Kier molecular flexibility index (Phi) is 4.29. The maximum Gasteiger partial charge on any atom is 0.257 e. The quantitative estimate of drug-likeness (QED) is 0.928. The van der Waals surface area contributed by atoms with Crippen LogP contribution in [0.2, 0.25) is 0 Å². The van der Waals surface area contributed by atoms with Crippen molar-refractivity contribution in [3.8, 4) is 0 Å². The molecule has 5 heteroatoms. The van der Waals surface area contributed by atoms with Gasteiger partial charge < -0.3 is 10.0 Å². The maximum absolute atomic E-state index is 12.7. The summed E-state index contributed by atoms with van der Waals surface area (Å²) in [6.45, 7) is 3.75. The van der Waals surface area contributed by atoms with E-state index in [1.165, 1.54) is 25.7 Å². The number of amides is 1. The highest BCUT2D eigenvalue weighted by atomic mass is 16.3. The van der Waals surface area contributed by atoms with Crippen molar-refractivity contribution in [2.45, 2.75) is 51.5 Å². The fraction of sp³-hybridized carbons (Fsp3) is 0.750. The van der Waals surface area contributed by atoms with Crippen molar-refractivity contribution < 1.29 is 9.90 Å².